The minimum Gasteiger partial charge on any atom is -0.456 e. The fraction of sp³-hybridized carbons (Fsp3) is 0.0612. The van der Waals surface area contributed by atoms with Crippen molar-refractivity contribution in [1.29, 1.82) is 0 Å². The number of para-hydroxylation sites is 1. The van der Waals surface area contributed by atoms with Gasteiger partial charge in [-0.1, -0.05) is 129 Å². The van der Waals surface area contributed by atoms with Crippen LogP contribution in [0.3, 0.4) is 0 Å². The Hall–Kier alpha value is -6.38. The maximum atomic E-state index is 6.22. The molecule has 2 nitrogen and oxygen atoms in total. The second-order valence-corrected chi connectivity index (χ2v) is 14.2. The van der Waals surface area contributed by atoms with Crippen LogP contribution >= 0.6 is 0 Å². The third kappa shape index (κ3) is 4.79. The van der Waals surface area contributed by atoms with Gasteiger partial charge in [0, 0.05) is 33.2 Å². The van der Waals surface area contributed by atoms with Gasteiger partial charge in [0.1, 0.15) is 11.2 Å². The third-order valence-corrected chi connectivity index (χ3v) is 10.9. The zero-order valence-electron chi connectivity index (χ0n) is 28.6. The molecule has 242 valence electrons. The van der Waals surface area contributed by atoms with Crippen LogP contribution in [-0.2, 0) is 5.41 Å². The zero-order chi connectivity index (χ0) is 34.1. The Kier molecular flexibility index (Phi) is 6.56. The summed E-state index contributed by atoms with van der Waals surface area (Å²) in [6.45, 7) is 4.69. The summed E-state index contributed by atoms with van der Waals surface area (Å²) in [6, 6.07) is 63.8. The maximum Gasteiger partial charge on any atom is 0.136 e. The van der Waals surface area contributed by atoms with Crippen molar-refractivity contribution in [3.8, 4) is 33.4 Å². The Labute approximate surface area is 297 Å². The van der Waals surface area contributed by atoms with Crippen LogP contribution < -0.4 is 4.90 Å². The number of anilines is 3. The lowest BCUT2D eigenvalue weighted by Crippen LogP contribution is -2.16. The lowest BCUT2D eigenvalue weighted by atomic mass is 9.82. The summed E-state index contributed by atoms with van der Waals surface area (Å²) < 4.78 is 6.22. The maximum absolute atomic E-state index is 6.22. The molecule has 1 aliphatic rings. The lowest BCUT2D eigenvalue weighted by Gasteiger charge is -2.28. The van der Waals surface area contributed by atoms with E-state index in [-0.39, 0.29) is 5.41 Å². The van der Waals surface area contributed by atoms with Gasteiger partial charge in [0.15, 0.2) is 0 Å². The molecule has 0 N–H and O–H groups in total. The average molecular weight is 654 g/mol. The SMILES string of the molecule is CC1(C)c2ccccc2-c2ccc(N(c3ccc(-c4ccccc4)cc3)c3ccc(-c4ccc5cc6c(cc5c4)oc4ccccc46)cc3)cc21. The molecule has 1 heterocycles. The Morgan fingerprint density at radius 3 is 1.78 bits per heavy atom. The normalized spacial score (nSPS) is 13.1. The second kappa shape index (κ2) is 11.3. The van der Waals surface area contributed by atoms with Gasteiger partial charge in [-0.05, 0) is 116 Å². The van der Waals surface area contributed by atoms with Gasteiger partial charge in [-0.15, -0.1) is 0 Å². The van der Waals surface area contributed by atoms with E-state index < -0.39 is 0 Å². The highest BCUT2D eigenvalue weighted by Gasteiger charge is 2.35. The molecule has 9 aromatic rings. The first-order chi connectivity index (χ1) is 25.0. The van der Waals surface area contributed by atoms with Gasteiger partial charge in [0.25, 0.3) is 0 Å². The minimum absolute atomic E-state index is 0.0847. The summed E-state index contributed by atoms with van der Waals surface area (Å²) in [4.78, 5) is 2.39. The van der Waals surface area contributed by atoms with Crippen molar-refractivity contribution in [2.45, 2.75) is 19.3 Å². The minimum atomic E-state index is -0.0847. The number of rotatable bonds is 5. The van der Waals surface area contributed by atoms with Gasteiger partial charge in [-0.3, -0.25) is 0 Å². The summed E-state index contributed by atoms with van der Waals surface area (Å²) >= 11 is 0. The molecule has 51 heavy (non-hydrogen) atoms. The first-order valence-electron chi connectivity index (χ1n) is 17.7. The number of benzene rings is 8. The van der Waals surface area contributed by atoms with E-state index >= 15 is 0 Å². The van der Waals surface area contributed by atoms with Crippen LogP contribution in [0.25, 0.3) is 66.1 Å². The molecule has 0 saturated heterocycles. The van der Waals surface area contributed by atoms with Crippen molar-refractivity contribution in [1.82, 2.24) is 0 Å². The molecule has 0 aliphatic heterocycles. The average Bonchev–Trinajstić information content (AvgIpc) is 3.65. The van der Waals surface area contributed by atoms with E-state index in [1.54, 1.807) is 0 Å². The van der Waals surface area contributed by atoms with Crippen LogP contribution in [0, 0.1) is 0 Å². The van der Waals surface area contributed by atoms with Crippen molar-refractivity contribution in [3.05, 3.63) is 187 Å². The van der Waals surface area contributed by atoms with E-state index in [4.69, 9.17) is 4.42 Å². The van der Waals surface area contributed by atoms with E-state index in [2.05, 4.69) is 183 Å². The van der Waals surface area contributed by atoms with Gasteiger partial charge in [-0.25, -0.2) is 0 Å². The fourth-order valence-electron chi connectivity index (χ4n) is 8.16. The number of furan rings is 1. The molecule has 0 radical (unpaired) electrons. The fourth-order valence-corrected chi connectivity index (χ4v) is 8.16. The highest BCUT2D eigenvalue weighted by atomic mass is 16.3. The summed E-state index contributed by atoms with van der Waals surface area (Å²) in [5.74, 6) is 0. The standard InChI is InChI=1S/C49H35NO/c1-49(2)45-14-8-6-12-41(45)42-27-26-40(31-46(42)49)50(38-22-18-33(19-23-38)32-10-4-3-5-11-32)39-24-20-34(21-25-39)35-16-17-36-29-44-43-13-7-9-15-47(43)51-48(44)30-37(36)28-35/h3-31H,1-2H3. The number of hydrogen-bond donors (Lipinski definition) is 0. The summed E-state index contributed by atoms with van der Waals surface area (Å²) in [5.41, 5.74) is 15.3. The molecule has 0 bridgehead atoms. The van der Waals surface area contributed by atoms with Crippen LogP contribution in [0.4, 0.5) is 17.1 Å². The van der Waals surface area contributed by atoms with Crippen LogP contribution in [0.1, 0.15) is 25.0 Å². The van der Waals surface area contributed by atoms with Crippen LogP contribution in [0.15, 0.2) is 180 Å². The van der Waals surface area contributed by atoms with Crippen molar-refractivity contribution in [2.75, 3.05) is 4.90 Å². The Morgan fingerprint density at radius 2 is 1.00 bits per heavy atom. The first-order valence-corrected chi connectivity index (χ1v) is 17.7. The first kappa shape index (κ1) is 29.5. The molecule has 0 atom stereocenters. The van der Waals surface area contributed by atoms with Gasteiger partial charge < -0.3 is 9.32 Å². The molecule has 8 aromatic carbocycles. The van der Waals surface area contributed by atoms with E-state index in [1.165, 1.54) is 55.3 Å². The largest absolute Gasteiger partial charge is 0.456 e. The molecule has 0 unspecified atom stereocenters. The molecule has 0 spiro atoms. The lowest BCUT2D eigenvalue weighted by molar-refractivity contribution is 0.660. The van der Waals surface area contributed by atoms with Crippen LogP contribution in [-0.4, -0.2) is 0 Å². The Morgan fingerprint density at radius 1 is 0.392 bits per heavy atom. The van der Waals surface area contributed by atoms with E-state index in [9.17, 15) is 0 Å². The Bertz CT molecular complexity index is 2750. The molecular formula is C49H35NO. The van der Waals surface area contributed by atoms with Crippen molar-refractivity contribution < 1.29 is 4.42 Å². The number of hydrogen-bond acceptors (Lipinski definition) is 2. The number of fused-ring (bicyclic) bond motifs is 7. The molecule has 1 aliphatic carbocycles. The van der Waals surface area contributed by atoms with Crippen LogP contribution in [0.2, 0.25) is 0 Å². The molecular weight excluding hydrogens is 619 g/mol. The summed E-state index contributed by atoms with van der Waals surface area (Å²) in [7, 11) is 0. The predicted molar refractivity (Wildman–Crippen MR) is 214 cm³/mol. The van der Waals surface area contributed by atoms with E-state index in [0.29, 0.717) is 0 Å². The monoisotopic (exact) mass is 653 g/mol. The third-order valence-electron chi connectivity index (χ3n) is 10.9. The molecule has 2 heteroatoms. The summed E-state index contributed by atoms with van der Waals surface area (Å²) in [6.07, 6.45) is 0. The Balaban J connectivity index is 1.05. The van der Waals surface area contributed by atoms with Gasteiger partial charge in [-0.2, -0.15) is 0 Å². The van der Waals surface area contributed by atoms with E-state index in [1.807, 2.05) is 12.1 Å². The van der Waals surface area contributed by atoms with Gasteiger partial charge >= 0.3 is 0 Å². The molecule has 1 aromatic heterocycles. The quantitative estimate of drug-likeness (QED) is 0.184. The topological polar surface area (TPSA) is 16.4 Å². The summed E-state index contributed by atoms with van der Waals surface area (Å²) in [5, 5.41) is 4.70. The highest BCUT2D eigenvalue weighted by molar-refractivity contribution is 6.10. The van der Waals surface area contributed by atoms with Crippen molar-refractivity contribution >= 4 is 49.8 Å². The zero-order valence-corrected chi connectivity index (χ0v) is 28.6. The highest BCUT2D eigenvalue weighted by Crippen LogP contribution is 2.50. The molecule has 0 amide bonds. The van der Waals surface area contributed by atoms with Crippen molar-refractivity contribution in [2.24, 2.45) is 0 Å². The van der Waals surface area contributed by atoms with Gasteiger partial charge in [0.2, 0.25) is 0 Å². The molecule has 0 fully saturated rings. The molecule has 0 saturated carbocycles. The predicted octanol–water partition coefficient (Wildman–Crippen LogP) is 13.8. The van der Waals surface area contributed by atoms with Crippen molar-refractivity contribution in [3.63, 3.8) is 0 Å². The van der Waals surface area contributed by atoms with Gasteiger partial charge in [0.05, 0.1) is 0 Å². The second-order valence-electron chi connectivity index (χ2n) is 14.2. The smallest absolute Gasteiger partial charge is 0.136 e. The van der Waals surface area contributed by atoms with E-state index in [0.717, 1.165) is 39.0 Å². The molecule has 10 rings (SSSR count). The number of nitrogens with zero attached hydrogens (tertiary/aromatic N) is 1. The van der Waals surface area contributed by atoms with Crippen LogP contribution in [0.5, 0.6) is 0 Å².